The first-order valence-electron chi connectivity index (χ1n) is 13.9. The van der Waals surface area contributed by atoms with E-state index in [2.05, 4.69) is 133 Å². The molecule has 1 nitrogen and oxygen atoms in total. The summed E-state index contributed by atoms with van der Waals surface area (Å²) in [7, 11) is -2.22. The van der Waals surface area contributed by atoms with Gasteiger partial charge in [-0.1, -0.05) is 0 Å². The van der Waals surface area contributed by atoms with Gasteiger partial charge < -0.3 is 0 Å². The van der Waals surface area contributed by atoms with Crippen LogP contribution < -0.4 is 8.17 Å². The zero-order valence-corrected chi connectivity index (χ0v) is 26.7. The third kappa shape index (κ3) is 3.35. The van der Waals surface area contributed by atoms with Gasteiger partial charge in [0.1, 0.15) is 0 Å². The summed E-state index contributed by atoms with van der Waals surface area (Å²) in [5, 5.41) is 2.39. The summed E-state index contributed by atoms with van der Waals surface area (Å²) < 4.78 is 1.43. The molecule has 40 heavy (non-hydrogen) atoms. The summed E-state index contributed by atoms with van der Waals surface area (Å²) in [6.07, 6.45) is 0. The minimum atomic E-state index is -2.22. The van der Waals surface area contributed by atoms with E-state index in [1.165, 1.54) is 83.9 Å². The van der Waals surface area contributed by atoms with Crippen molar-refractivity contribution < 1.29 is 24.7 Å². The Kier molecular flexibility index (Phi) is 5.59. The van der Waals surface area contributed by atoms with Crippen LogP contribution in [0.15, 0.2) is 115 Å². The van der Waals surface area contributed by atoms with Crippen LogP contribution in [0, 0.1) is 0 Å². The SMILES string of the molecule is C[Si](C)(C1=C2c3[c]([Zr])cccc3N(c3ccccc3)C2c2ccc(Cl)cc21)C1c2ccccc2-c2ccccc21. The molecular formula is C36H27ClNSiZr. The van der Waals surface area contributed by atoms with E-state index >= 15 is 0 Å². The van der Waals surface area contributed by atoms with Crippen molar-refractivity contribution in [2.75, 3.05) is 4.90 Å². The van der Waals surface area contributed by atoms with E-state index in [1.54, 1.807) is 5.20 Å². The fourth-order valence-corrected chi connectivity index (χ4v) is 13.0. The maximum absolute atomic E-state index is 6.79. The fourth-order valence-electron chi connectivity index (χ4n) is 7.76. The number of rotatable bonds is 3. The quantitative estimate of drug-likeness (QED) is 0.180. The first-order chi connectivity index (χ1) is 19.5. The number of fused-ring (bicyclic) bond motifs is 8. The molecule has 2 aliphatic carbocycles. The number of anilines is 2. The molecule has 8 rings (SSSR count). The van der Waals surface area contributed by atoms with Crippen LogP contribution >= 0.6 is 11.6 Å². The van der Waals surface area contributed by atoms with Crippen LogP contribution in [0.25, 0.3) is 21.9 Å². The number of nitrogens with zero attached hydrogens (tertiary/aromatic N) is 1. The molecule has 1 heterocycles. The van der Waals surface area contributed by atoms with Crippen molar-refractivity contribution in [2.24, 2.45) is 0 Å². The number of benzene rings is 5. The molecule has 4 heteroatoms. The molecule has 0 saturated heterocycles. The van der Waals surface area contributed by atoms with Crippen LogP contribution in [-0.2, 0) is 24.7 Å². The van der Waals surface area contributed by atoms with Gasteiger partial charge in [-0.2, -0.15) is 0 Å². The van der Waals surface area contributed by atoms with Crippen molar-refractivity contribution in [3.8, 4) is 11.1 Å². The van der Waals surface area contributed by atoms with E-state index in [4.69, 9.17) is 11.6 Å². The van der Waals surface area contributed by atoms with Crippen LogP contribution in [0.4, 0.5) is 11.4 Å². The molecule has 0 aromatic heterocycles. The van der Waals surface area contributed by atoms with Crippen molar-refractivity contribution in [2.45, 2.75) is 24.7 Å². The van der Waals surface area contributed by atoms with E-state index in [0.717, 1.165) is 5.02 Å². The number of halogens is 1. The van der Waals surface area contributed by atoms with Gasteiger partial charge in [-0.3, -0.25) is 0 Å². The summed E-state index contributed by atoms with van der Waals surface area (Å²) >= 11 is 8.24. The van der Waals surface area contributed by atoms with E-state index in [1.807, 2.05) is 0 Å². The molecule has 191 valence electrons. The van der Waals surface area contributed by atoms with Gasteiger partial charge in [0.05, 0.1) is 0 Å². The third-order valence-electron chi connectivity index (χ3n) is 9.19. The Labute approximate surface area is 257 Å². The van der Waals surface area contributed by atoms with Gasteiger partial charge in [0, 0.05) is 0 Å². The summed E-state index contributed by atoms with van der Waals surface area (Å²) in [6.45, 7) is 5.20. The maximum atomic E-state index is 6.79. The Morgan fingerprint density at radius 2 is 1.32 bits per heavy atom. The molecule has 1 atom stereocenters. The summed E-state index contributed by atoms with van der Waals surface area (Å²) in [5.74, 6) is 0. The molecule has 0 radical (unpaired) electrons. The van der Waals surface area contributed by atoms with Crippen molar-refractivity contribution >= 4 is 45.1 Å². The van der Waals surface area contributed by atoms with Crippen molar-refractivity contribution in [3.63, 3.8) is 0 Å². The normalized spacial score (nSPS) is 16.9. The second-order valence-electron chi connectivity index (χ2n) is 11.7. The summed E-state index contributed by atoms with van der Waals surface area (Å²) in [4.78, 5) is 2.58. The molecular weight excluding hydrogens is 601 g/mol. The Hall–Kier alpha value is -2.97. The van der Waals surface area contributed by atoms with Crippen LogP contribution in [0.3, 0.4) is 0 Å². The molecule has 0 saturated carbocycles. The van der Waals surface area contributed by atoms with Crippen LogP contribution in [0.1, 0.15) is 39.4 Å². The fraction of sp³-hybridized carbons (Fsp3) is 0.111. The van der Waals surface area contributed by atoms with Gasteiger partial charge in [-0.25, -0.2) is 0 Å². The molecule has 0 amide bonds. The second kappa shape index (κ2) is 9.02. The Balaban J connectivity index is 1.46. The zero-order valence-electron chi connectivity index (χ0n) is 22.4. The molecule has 0 spiro atoms. The van der Waals surface area contributed by atoms with E-state index in [-0.39, 0.29) is 6.04 Å². The molecule has 1 unspecified atom stereocenters. The van der Waals surface area contributed by atoms with Crippen molar-refractivity contribution in [3.05, 3.63) is 148 Å². The Bertz CT molecular complexity index is 1830. The molecule has 0 N–H and O–H groups in total. The Morgan fingerprint density at radius 1 is 0.675 bits per heavy atom. The molecule has 0 fully saturated rings. The number of para-hydroxylation sites is 1. The van der Waals surface area contributed by atoms with Gasteiger partial charge in [0.15, 0.2) is 0 Å². The van der Waals surface area contributed by atoms with Crippen LogP contribution in [-0.4, -0.2) is 8.07 Å². The molecule has 5 aromatic rings. The summed E-state index contributed by atoms with van der Waals surface area (Å²) in [6, 6.07) is 42.8. The monoisotopic (exact) mass is 626 g/mol. The first kappa shape index (κ1) is 24.8. The zero-order chi connectivity index (χ0) is 27.2. The minimum absolute atomic E-state index is 0.153. The molecule has 1 aliphatic heterocycles. The molecule has 3 aliphatic rings. The molecule has 0 bridgehead atoms. The summed E-state index contributed by atoms with van der Waals surface area (Å²) in [5.41, 5.74) is 14.4. The Morgan fingerprint density at radius 3 is 2.02 bits per heavy atom. The predicted molar refractivity (Wildman–Crippen MR) is 167 cm³/mol. The average molecular weight is 628 g/mol. The van der Waals surface area contributed by atoms with E-state index in [9.17, 15) is 0 Å². The van der Waals surface area contributed by atoms with Gasteiger partial charge in [0.25, 0.3) is 0 Å². The predicted octanol–water partition coefficient (Wildman–Crippen LogP) is 9.23. The van der Waals surface area contributed by atoms with E-state index < -0.39 is 8.07 Å². The standard InChI is InChI=1S/C36H27ClNSi.Zr/c1-39(2,35-28-16-8-6-14-25(28)26-15-7-9-17-29(26)35)36-31-22-23(37)20-21-27(31)34-33(36)30-18-10-11-19-32(30)38(34)24-12-4-3-5-13-24;/h3-17,19-22,34-35H,1-2H3;. The van der Waals surface area contributed by atoms with Gasteiger partial charge >= 0.3 is 259 Å². The average Bonchev–Trinajstić information content (AvgIpc) is 3.59. The van der Waals surface area contributed by atoms with Crippen LogP contribution in [0.5, 0.6) is 0 Å². The van der Waals surface area contributed by atoms with Crippen molar-refractivity contribution in [1.82, 2.24) is 0 Å². The first-order valence-corrected chi connectivity index (χ1v) is 18.6. The topological polar surface area (TPSA) is 3.24 Å². The third-order valence-corrected chi connectivity index (χ3v) is 14.3. The van der Waals surface area contributed by atoms with Gasteiger partial charge in [-0.05, 0) is 0 Å². The number of hydrogen-bond acceptors (Lipinski definition) is 1. The van der Waals surface area contributed by atoms with E-state index in [0.29, 0.717) is 5.54 Å². The second-order valence-corrected chi connectivity index (χ2v) is 17.9. The van der Waals surface area contributed by atoms with Crippen molar-refractivity contribution in [1.29, 1.82) is 0 Å². The molecule has 5 aromatic carbocycles. The van der Waals surface area contributed by atoms with Gasteiger partial charge in [-0.15, -0.1) is 0 Å². The van der Waals surface area contributed by atoms with Crippen LogP contribution in [0.2, 0.25) is 18.1 Å². The number of hydrogen-bond donors (Lipinski definition) is 0. The van der Waals surface area contributed by atoms with Gasteiger partial charge in [0.2, 0.25) is 0 Å².